The van der Waals surface area contributed by atoms with Crippen LogP contribution in [0.5, 0.6) is 0 Å². The summed E-state index contributed by atoms with van der Waals surface area (Å²) in [5, 5.41) is 10.7. The Labute approximate surface area is 145 Å². The molecule has 0 aromatic heterocycles. The van der Waals surface area contributed by atoms with Crippen molar-refractivity contribution in [3.05, 3.63) is 41.5 Å². The Hall–Kier alpha value is -1.61. The van der Waals surface area contributed by atoms with Crippen LogP contribution in [0.4, 0.5) is 0 Å². The summed E-state index contributed by atoms with van der Waals surface area (Å²) in [5.41, 5.74) is 1.84. The first-order valence-electron chi connectivity index (χ1n) is 9.27. The lowest BCUT2D eigenvalue weighted by Crippen LogP contribution is -2.54. The third-order valence-corrected chi connectivity index (χ3v) is 5.76. The van der Waals surface area contributed by atoms with Crippen molar-refractivity contribution in [1.82, 2.24) is 4.90 Å². The van der Waals surface area contributed by atoms with E-state index in [1.54, 1.807) is 6.08 Å². The molecule has 2 aliphatic rings. The Balaban J connectivity index is 1.60. The predicted molar refractivity (Wildman–Crippen MR) is 97.7 cm³/mol. The molecule has 3 heteroatoms. The minimum absolute atomic E-state index is 0.0653. The van der Waals surface area contributed by atoms with E-state index in [2.05, 4.69) is 38.1 Å². The lowest BCUT2D eigenvalue weighted by Gasteiger charge is -2.47. The smallest absolute Gasteiger partial charge is 0.246 e. The zero-order valence-electron chi connectivity index (χ0n) is 14.9. The number of aliphatic hydroxyl groups is 1. The average molecular weight is 327 g/mol. The Bertz CT molecular complexity index is 605. The molecule has 1 aliphatic heterocycles. The molecular formula is C21H29NO2. The van der Waals surface area contributed by atoms with Gasteiger partial charge in [0.1, 0.15) is 0 Å². The van der Waals surface area contributed by atoms with Crippen LogP contribution >= 0.6 is 0 Å². The quantitative estimate of drug-likeness (QED) is 0.853. The number of carbonyl (C=O) groups excluding carboxylic acids is 1. The number of carbonyl (C=O) groups is 1. The van der Waals surface area contributed by atoms with E-state index >= 15 is 0 Å². The van der Waals surface area contributed by atoms with Gasteiger partial charge in [0.2, 0.25) is 5.91 Å². The summed E-state index contributed by atoms with van der Waals surface area (Å²) >= 11 is 0. The number of rotatable bonds is 3. The molecule has 3 rings (SSSR count). The molecule has 1 saturated carbocycles. The first-order chi connectivity index (χ1) is 11.5. The highest BCUT2D eigenvalue weighted by Gasteiger charge is 2.43. The normalized spacial score (nSPS) is 27.5. The van der Waals surface area contributed by atoms with Gasteiger partial charge in [0.25, 0.3) is 0 Å². The molecule has 1 aromatic rings. The van der Waals surface area contributed by atoms with Gasteiger partial charge in [0, 0.05) is 25.1 Å². The van der Waals surface area contributed by atoms with Gasteiger partial charge in [0.05, 0.1) is 5.60 Å². The SMILES string of the molecule is CC(C)c1ccc(C=CC(=O)N2CCC3(O)CCCCC3C2)cc1. The maximum Gasteiger partial charge on any atom is 0.246 e. The molecule has 1 N–H and O–H groups in total. The van der Waals surface area contributed by atoms with Gasteiger partial charge in [-0.3, -0.25) is 4.79 Å². The molecule has 130 valence electrons. The van der Waals surface area contributed by atoms with Crippen molar-refractivity contribution in [2.24, 2.45) is 5.92 Å². The molecule has 1 heterocycles. The van der Waals surface area contributed by atoms with Crippen molar-refractivity contribution in [3.63, 3.8) is 0 Å². The number of hydrogen-bond donors (Lipinski definition) is 1. The Morgan fingerprint density at radius 3 is 2.71 bits per heavy atom. The maximum absolute atomic E-state index is 12.5. The standard InChI is InChI=1S/C21H29NO2/c1-16(2)18-9-6-17(7-10-18)8-11-20(23)22-14-13-21(24)12-4-3-5-19(21)15-22/h6-11,16,19,24H,3-5,12-15H2,1-2H3. The van der Waals surface area contributed by atoms with E-state index in [1.165, 1.54) is 12.0 Å². The third-order valence-electron chi connectivity index (χ3n) is 5.76. The van der Waals surface area contributed by atoms with Crippen molar-refractivity contribution in [3.8, 4) is 0 Å². The van der Waals surface area contributed by atoms with Crippen molar-refractivity contribution >= 4 is 12.0 Å². The third kappa shape index (κ3) is 3.72. The van der Waals surface area contributed by atoms with Crippen LogP contribution in [0.15, 0.2) is 30.3 Å². The summed E-state index contributed by atoms with van der Waals surface area (Å²) in [6.45, 7) is 5.72. The summed E-state index contributed by atoms with van der Waals surface area (Å²) in [6.07, 6.45) is 8.53. The van der Waals surface area contributed by atoms with Gasteiger partial charge in [-0.2, -0.15) is 0 Å². The van der Waals surface area contributed by atoms with Gasteiger partial charge in [-0.15, -0.1) is 0 Å². The second-order valence-electron chi connectivity index (χ2n) is 7.74. The molecule has 2 atom stereocenters. The number of nitrogens with zero attached hydrogens (tertiary/aromatic N) is 1. The monoisotopic (exact) mass is 327 g/mol. The van der Waals surface area contributed by atoms with Crippen LogP contribution < -0.4 is 0 Å². The van der Waals surface area contributed by atoms with Crippen molar-refractivity contribution in [2.75, 3.05) is 13.1 Å². The molecule has 0 spiro atoms. The molecule has 2 fully saturated rings. The Morgan fingerprint density at radius 2 is 2.00 bits per heavy atom. The zero-order chi connectivity index (χ0) is 17.2. The van der Waals surface area contributed by atoms with Gasteiger partial charge in [-0.25, -0.2) is 0 Å². The highest BCUT2D eigenvalue weighted by atomic mass is 16.3. The Morgan fingerprint density at radius 1 is 1.25 bits per heavy atom. The van der Waals surface area contributed by atoms with Gasteiger partial charge in [-0.05, 0) is 42.4 Å². The van der Waals surface area contributed by atoms with Crippen LogP contribution in [0.1, 0.15) is 63.0 Å². The van der Waals surface area contributed by atoms with E-state index in [1.807, 2.05) is 11.0 Å². The van der Waals surface area contributed by atoms with Crippen molar-refractivity contribution < 1.29 is 9.90 Å². The summed E-state index contributed by atoms with van der Waals surface area (Å²) in [4.78, 5) is 14.4. The van der Waals surface area contributed by atoms with Crippen LogP contribution in [-0.2, 0) is 4.79 Å². The molecule has 3 nitrogen and oxygen atoms in total. The second kappa shape index (κ2) is 7.10. The fraction of sp³-hybridized carbons (Fsp3) is 0.571. The lowest BCUT2D eigenvalue weighted by molar-refractivity contribution is -0.138. The minimum Gasteiger partial charge on any atom is -0.389 e. The molecule has 0 bridgehead atoms. The van der Waals surface area contributed by atoms with Crippen LogP contribution in [-0.4, -0.2) is 34.6 Å². The topological polar surface area (TPSA) is 40.5 Å². The fourth-order valence-electron chi connectivity index (χ4n) is 4.04. The first kappa shape index (κ1) is 17.2. The molecule has 2 unspecified atom stereocenters. The van der Waals surface area contributed by atoms with E-state index in [4.69, 9.17) is 0 Å². The van der Waals surface area contributed by atoms with Crippen LogP contribution in [0.3, 0.4) is 0 Å². The summed E-state index contributed by atoms with van der Waals surface area (Å²) < 4.78 is 0. The molecule has 1 aliphatic carbocycles. The van der Waals surface area contributed by atoms with E-state index in [0.29, 0.717) is 19.0 Å². The molecule has 1 saturated heterocycles. The molecule has 24 heavy (non-hydrogen) atoms. The fourth-order valence-corrected chi connectivity index (χ4v) is 4.04. The number of hydrogen-bond acceptors (Lipinski definition) is 2. The molecule has 1 aromatic carbocycles. The largest absolute Gasteiger partial charge is 0.389 e. The first-order valence-corrected chi connectivity index (χ1v) is 9.27. The average Bonchev–Trinajstić information content (AvgIpc) is 2.59. The molecule has 0 radical (unpaired) electrons. The van der Waals surface area contributed by atoms with E-state index in [9.17, 15) is 9.90 Å². The van der Waals surface area contributed by atoms with Crippen molar-refractivity contribution in [2.45, 2.75) is 57.5 Å². The second-order valence-corrected chi connectivity index (χ2v) is 7.74. The van der Waals surface area contributed by atoms with E-state index in [0.717, 1.165) is 31.2 Å². The van der Waals surface area contributed by atoms with Gasteiger partial charge in [0.15, 0.2) is 0 Å². The van der Waals surface area contributed by atoms with Crippen molar-refractivity contribution in [1.29, 1.82) is 0 Å². The number of fused-ring (bicyclic) bond motifs is 1. The summed E-state index contributed by atoms with van der Waals surface area (Å²) in [7, 11) is 0. The number of benzene rings is 1. The van der Waals surface area contributed by atoms with E-state index in [-0.39, 0.29) is 11.8 Å². The summed E-state index contributed by atoms with van der Waals surface area (Å²) in [5.74, 6) is 0.838. The zero-order valence-corrected chi connectivity index (χ0v) is 14.9. The predicted octanol–water partition coefficient (Wildman–Crippen LogP) is 3.98. The summed E-state index contributed by atoms with van der Waals surface area (Å²) in [6, 6.07) is 8.38. The highest BCUT2D eigenvalue weighted by Crippen LogP contribution is 2.39. The van der Waals surface area contributed by atoms with Gasteiger partial charge < -0.3 is 10.0 Å². The van der Waals surface area contributed by atoms with Crippen LogP contribution in [0.2, 0.25) is 0 Å². The minimum atomic E-state index is -0.522. The highest BCUT2D eigenvalue weighted by molar-refractivity contribution is 5.91. The number of likely N-dealkylation sites (tertiary alicyclic amines) is 1. The number of amides is 1. The Kier molecular flexibility index (Phi) is 5.09. The van der Waals surface area contributed by atoms with Gasteiger partial charge in [-0.1, -0.05) is 51.0 Å². The lowest BCUT2D eigenvalue weighted by atomic mass is 9.71. The molecular weight excluding hydrogens is 298 g/mol. The maximum atomic E-state index is 12.5. The van der Waals surface area contributed by atoms with Gasteiger partial charge >= 0.3 is 0 Å². The van der Waals surface area contributed by atoms with Crippen LogP contribution in [0.25, 0.3) is 6.08 Å². The van der Waals surface area contributed by atoms with E-state index < -0.39 is 5.60 Å². The van der Waals surface area contributed by atoms with Crippen LogP contribution in [0, 0.1) is 5.92 Å². The number of piperidine rings is 1. The molecule has 1 amide bonds.